The molecule has 0 heterocycles. The molecule has 1 aliphatic rings. The van der Waals surface area contributed by atoms with Crippen molar-refractivity contribution in [2.75, 3.05) is 0 Å². The molecule has 5 amide bonds. The molecule has 10 heteroatoms. The van der Waals surface area contributed by atoms with E-state index in [9.17, 15) is 22.8 Å². The number of hydrogen-bond acceptors (Lipinski definition) is 5. The summed E-state index contributed by atoms with van der Waals surface area (Å²) in [5.74, 6) is 0. The van der Waals surface area contributed by atoms with Crippen LogP contribution in [0.2, 0.25) is 0 Å². The van der Waals surface area contributed by atoms with E-state index in [0.717, 1.165) is 6.42 Å². The molecule has 0 unspecified atom stereocenters. The number of carbonyl (C=O) groups excluding carboxylic acids is 2. The topological polar surface area (TPSA) is 133 Å². The second-order valence-electron chi connectivity index (χ2n) is 4.92. The first-order chi connectivity index (χ1) is 10.8. The molecule has 1 aromatic carbocycles. The molecule has 0 atom stereocenters. The van der Waals surface area contributed by atoms with Gasteiger partial charge in [-0.25, -0.2) is 32.4 Å². The van der Waals surface area contributed by atoms with Crippen molar-refractivity contribution in [1.29, 1.82) is 0 Å². The summed E-state index contributed by atoms with van der Waals surface area (Å²) in [7, 11) is -4.14. The van der Waals surface area contributed by atoms with E-state index in [1.165, 1.54) is 24.3 Å². The molecule has 23 heavy (non-hydrogen) atoms. The summed E-state index contributed by atoms with van der Waals surface area (Å²) in [5, 5.41) is 10.7. The Bertz CT molecular complexity index is 714. The van der Waals surface area contributed by atoms with Crippen molar-refractivity contribution in [3.63, 3.8) is 0 Å². The number of amides is 5. The van der Waals surface area contributed by atoms with Crippen molar-refractivity contribution in [3.05, 3.63) is 30.3 Å². The van der Waals surface area contributed by atoms with Crippen molar-refractivity contribution >= 4 is 28.2 Å². The summed E-state index contributed by atoms with van der Waals surface area (Å²) in [6.45, 7) is 0. The zero-order valence-electron chi connectivity index (χ0n) is 11.9. The van der Waals surface area contributed by atoms with Crippen molar-refractivity contribution in [2.24, 2.45) is 0 Å². The molecule has 0 radical (unpaired) electrons. The maximum Gasteiger partial charge on any atom is 0.415 e. The van der Waals surface area contributed by atoms with Gasteiger partial charge in [-0.3, -0.25) is 5.32 Å². The van der Waals surface area contributed by atoms with E-state index in [4.69, 9.17) is 5.11 Å². The normalized spacial score (nSPS) is 14.4. The monoisotopic (exact) mass is 341 g/mol. The molecule has 124 valence electrons. The van der Waals surface area contributed by atoms with Crippen molar-refractivity contribution in [1.82, 2.24) is 14.9 Å². The third kappa shape index (κ3) is 3.97. The summed E-state index contributed by atoms with van der Waals surface area (Å²) < 4.78 is 25.5. The van der Waals surface area contributed by atoms with Crippen LogP contribution in [0.5, 0.6) is 0 Å². The third-order valence-corrected chi connectivity index (χ3v) is 4.71. The van der Waals surface area contributed by atoms with Crippen LogP contribution in [0.25, 0.3) is 0 Å². The summed E-state index contributed by atoms with van der Waals surface area (Å²) in [5.41, 5.74) is 0. The van der Waals surface area contributed by atoms with E-state index in [-0.39, 0.29) is 4.90 Å². The van der Waals surface area contributed by atoms with Crippen LogP contribution in [0.4, 0.5) is 14.4 Å². The lowest BCUT2D eigenvalue weighted by Gasteiger charge is -2.33. The Morgan fingerprint density at radius 1 is 1.13 bits per heavy atom. The van der Waals surface area contributed by atoms with E-state index < -0.39 is 34.2 Å². The van der Waals surface area contributed by atoms with Gasteiger partial charge < -0.3 is 5.11 Å². The molecule has 1 aliphatic carbocycles. The van der Waals surface area contributed by atoms with Gasteiger partial charge in [-0.1, -0.05) is 18.2 Å². The zero-order valence-corrected chi connectivity index (χ0v) is 12.7. The number of urea groups is 2. The Labute approximate surface area is 132 Å². The van der Waals surface area contributed by atoms with Crippen LogP contribution in [-0.4, -0.2) is 42.6 Å². The highest BCUT2D eigenvalue weighted by atomic mass is 32.2. The molecule has 1 aromatic rings. The van der Waals surface area contributed by atoms with Crippen LogP contribution in [0.15, 0.2) is 35.2 Å². The number of carboxylic acid groups (broad SMARTS) is 1. The molecule has 3 N–H and O–H groups in total. The zero-order chi connectivity index (χ0) is 17.0. The van der Waals surface area contributed by atoms with Crippen molar-refractivity contribution in [2.45, 2.75) is 30.2 Å². The molecule has 0 aliphatic heterocycles. The number of benzene rings is 1. The molecule has 9 nitrogen and oxygen atoms in total. The smallest absolute Gasteiger partial charge is 0.415 e. The minimum atomic E-state index is -4.14. The standard InChI is InChI=1S/C13H15N3O6S/c17-11(15-23(21,22)10-7-2-1-3-8-10)14-12(18)16(13(19)20)9-5-4-6-9/h1-3,7-9H,4-6H2,(H,19,20)(H2,14,15,17,18). The third-order valence-electron chi connectivity index (χ3n) is 3.37. The highest BCUT2D eigenvalue weighted by molar-refractivity contribution is 7.90. The van der Waals surface area contributed by atoms with Crippen LogP contribution < -0.4 is 10.0 Å². The number of sulfonamides is 1. The Kier molecular flexibility index (Phi) is 4.84. The maximum atomic E-state index is 11.9. The second-order valence-corrected chi connectivity index (χ2v) is 6.60. The minimum absolute atomic E-state index is 0.156. The second kappa shape index (κ2) is 6.65. The molecule has 0 spiro atoms. The van der Waals surface area contributed by atoms with Crippen LogP contribution in [0, 0.1) is 0 Å². The van der Waals surface area contributed by atoms with Gasteiger partial charge in [0.25, 0.3) is 10.0 Å². The number of imide groups is 2. The van der Waals surface area contributed by atoms with Gasteiger partial charge in [0.1, 0.15) is 0 Å². The summed E-state index contributed by atoms with van der Waals surface area (Å²) >= 11 is 0. The number of nitrogens with zero attached hydrogens (tertiary/aromatic N) is 1. The lowest BCUT2D eigenvalue weighted by Crippen LogP contribution is -2.54. The average molecular weight is 341 g/mol. The van der Waals surface area contributed by atoms with E-state index in [1.807, 2.05) is 0 Å². The van der Waals surface area contributed by atoms with Crippen LogP contribution in [-0.2, 0) is 10.0 Å². The largest absolute Gasteiger partial charge is 0.465 e. The molecule has 0 saturated heterocycles. The van der Waals surface area contributed by atoms with Crippen LogP contribution >= 0.6 is 0 Å². The Hall–Kier alpha value is -2.62. The van der Waals surface area contributed by atoms with Crippen molar-refractivity contribution < 1.29 is 27.9 Å². The van der Waals surface area contributed by atoms with Gasteiger partial charge in [-0.05, 0) is 31.4 Å². The molecule has 1 fully saturated rings. The van der Waals surface area contributed by atoms with Gasteiger partial charge in [0.2, 0.25) is 0 Å². The lowest BCUT2D eigenvalue weighted by atomic mass is 9.92. The number of nitrogens with one attached hydrogen (secondary N) is 2. The SMILES string of the molecule is O=C(NC(=O)N(C(=O)O)C1CCC1)NS(=O)(=O)c1ccccc1. The number of rotatable bonds is 3. The molecule has 2 rings (SSSR count). The predicted octanol–water partition coefficient (Wildman–Crippen LogP) is 1.33. The molecular weight excluding hydrogens is 326 g/mol. The fraction of sp³-hybridized carbons (Fsp3) is 0.308. The van der Waals surface area contributed by atoms with Crippen LogP contribution in [0.1, 0.15) is 19.3 Å². The molecule has 0 aromatic heterocycles. The maximum absolute atomic E-state index is 11.9. The van der Waals surface area contributed by atoms with E-state index in [0.29, 0.717) is 17.7 Å². The van der Waals surface area contributed by atoms with Gasteiger partial charge in [0, 0.05) is 6.04 Å². The highest BCUT2D eigenvalue weighted by Gasteiger charge is 2.34. The Balaban J connectivity index is 2.01. The molecule has 1 saturated carbocycles. The van der Waals surface area contributed by atoms with Gasteiger partial charge in [0.15, 0.2) is 0 Å². The van der Waals surface area contributed by atoms with Gasteiger partial charge >= 0.3 is 18.2 Å². The molecule has 0 bridgehead atoms. The highest BCUT2D eigenvalue weighted by Crippen LogP contribution is 2.24. The fourth-order valence-corrected chi connectivity index (χ4v) is 2.95. The number of hydrogen-bond donors (Lipinski definition) is 3. The quantitative estimate of drug-likeness (QED) is 0.759. The summed E-state index contributed by atoms with van der Waals surface area (Å²) in [6.07, 6.45) is 0.329. The van der Waals surface area contributed by atoms with Crippen LogP contribution in [0.3, 0.4) is 0 Å². The Morgan fingerprint density at radius 2 is 1.74 bits per heavy atom. The first-order valence-electron chi connectivity index (χ1n) is 6.76. The summed E-state index contributed by atoms with van der Waals surface area (Å²) in [4.78, 5) is 34.9. The fourth-order valence-electron chi connectivity index (χ4n) is 2.02. The first kappa shape index (κ1) is 16.7. The minimum Gasteiger partial charge on any atom is -0.465 e. The first-order valence-corrected chi connectivity index (χ1v) is 8.24. The van der Waals surface area contributed by atoms with Gasteiger partial charge in [-0.15, -0.1) is 0 Å². The van der Waals surface area contributed by atoms with Gasteiger partial charge in [-0.2, -0.15) is 0 Å². The predicted molar refractivity (Wildman–Crippen MR) is 78.2 cm³/mol. The van der Waals surface area contributed by atoms with Gasteiger partial charge in [0.05, 0.1) is 4.90 Å². The average Bonchev–Trinajstić information content (AvgIpc) is 2.42. The van der Waals surface area contributed by atoms with E-state index in [2.05, 4.69) is 0 Å². The Morgan fingerprint density at radius 3 is 2.22 bits per heavy atom. The van der Waals surface area contributed by atoms with E-state index >= 15 is 0 Å². The van der Waals surface area contributed by atoms with E-state index in [1.54, 1.807) is 16.1 Å². The number of carbonyl (C=O) groups is 3. The lowest BCUT2D eigenvalue weighted by molar-refractivity contribution is 0.112. The van der Waals surface area contributed by atoms with Crippen molar-refractivity contribution in [3.8, 4) is 0 Å². The molecular formula is C13H15N3O6S. The summed E-state index contributed by atoms with van der Waals surface area (Å²) in [6, 6.07) is 4.11.